The summed E-state index contributed by atoms with van der Waals surface area (Å²) in [5.41, 5.74) is 2.84. The fourth-order valence-corrected chi connectivity index (χ4v) is 3.11. The molecular weight excluding hydrogens is 330 g/mol. The molecule has 4 heterocycles. The SMILES string of the molecule is CC(C)OCc1ccc(C(=O)N2CCc3nc4ncccc4cc3C2)o1. The van der Waals surface area contributed by atoms with Gasteiger partial charge in [0.25, 0.3) is 5.91 Å². The molecule has 0 bridgehead atoms. The second-order valence-corrected chi connectivity index (χ2v) is 6.75. The van der Waals surface area contributed by atoms with Gasteiger partial charge in [0.05, 0.1) is 6.10 Å². The highest BCUT2D eigenvalue weighted by Gasteiger charge is 2.25. The number of ether oxygens (including phenoxy) is 1. The van der Waals surface area contributed by atoms with E-state index in [0.717, 1.165) is 28.7 Å². The number of nitrogens with zero attached hydrogens (tertiary/aromatic N) is 3. The van der Waals surface area contributed by atoms with Crippen LogP contribution in [0.5, 0.6) is 0 Å². The zero-order valence-corrected chi connectivity index (χ0v) is 14.9. The Morgan fingerprint density at radius 1 is 1.35 bits per heavy atom. The monoisotopic (exact) mass is 351 g/mol. The largest absolute Gasteiger partial charge is 0.453 e. The van der Waals surface area contributed by atoms with Gasteiger partial charge in [-0.1, -0.05) is 0 Å². The zero-order valence-electron chi connectivity index (χ0n) is 14.9. The van der Waals surface area contributed by atoms with Crippen molar-refractivity contribution in [3.8, 4) is 0 Å². The van der Waals surface area contributed by atoms with Gasteiger partial charge in [0.1, 0.15) is 12.4 Å². The normalized spacial score (nSPS) is 14.0. The van der Waals surface area contributed by atoms with E-state index in [1.165, 1.54) is 0 Å². The minimum Gasteiger partial charge on any atom is -0.453 e. The lowest BCUT2D eigenvalue weighted by Gasteiger charge is -2.27. The molecule has 0 saturated heterocycles. The first-order chi connectivity index (χ1) is 12.6. The van der Waals surface area contributed by atoms with Crippen molar-refractivity contribution in [2.45, 2.75) is 39.5 Å². The van der Waals surface area contributed by atoms with Crippen LogP contribution in [0.15, 0.2) is 40.9 Å². The van der Waals surface area contributed by atoms with Crippen LogP contribution >= 0.6 is 0 Å². The van der Waals surface area contributed by atoms with Gasteiger partial charge in [0.2, 0.25) is 0 Å². The lowest BCUT2D eigenvalue weighted by molar-refractivity contribution is 0.0520. The molecule has 3 aromatic rings. The fraction of sp³-hybridized carbons (Fsp3) is 0.350. The number of amides is 1. The van der Waals surface area contributed by atoms with Gasteiger partial charge in [-0.2, -0.15) is 0 Å². The van der Waals surface area contributed by atoms with E-state index in [1.807, 2.05) is 26.0 Å². The summed E-state index contributed by atoms with van der Waals surface area (Å²) in [6.07, 6.45) is 2.59. The molecule has 26 heavy (non-hydrogen) atoms. The molecule has 0 atom stereocenters. The van der Waals surface area contributed by atoms with Crippen LogP contribution in [0, 0.1) is 0 Å². The van der Waals surface area contributed by atoms with Crippen LogP contribution in [-0.4, -0.2) is 33.4 Å². The number of fused-ring (bicyclic) bond motifs is 2. The Labute approximate surface area is 151 Å². The second kappa shape index (κ2) is 6.88. The number of pyridine rings is 2. The van der Waals surface area contributed by atoms with E-state index in [4.69, 9.17) is 9.15 Å². The molecule has 6 heteroatoms. The maximum absolute atomic E-state index is 12.8. The van der Waals surface area contributed by atoms with E-state index in [2.05, 4.69) is 16.0 Å². The van der Waals surface area contributed by atoms with E-state index in [1.54, 1.807) is 23.2 Å². The Morgan fingerprint density at radius 2 is 2.23 bits per heavy atom. The van der Waals surface area contributed by atoms with Gasteiger partial charge in [0, 0.05) is 36.8 Å². The molecule has 1 aliphatic heterocycles. The molecule has 6 nitrogen and oxygen atoms in total. The first-order valence-corrected chi connectivity index (χ1v) is 8.83. The van der Waals surface area contributed by atoms with Crippen molar-refractivity contribution in [3.05, 3.63) is 59.3 Å². The molecule has 0 aliphatic carbocycles. The Balaban J connectivity index is 1.51. The zero-order chi connectivity index (χ0) is 18.1. The molecule has 0 aromatic carbocycles. The van der Waals surface area contributed by atoms with Crippen molar-refractivity contribution in [3.63, 3.8) is 0 Å². The Morgan fingerprint density at radius 3 is 3.08 bits per heavy atom. The fourth-order valence-electron chi connectivity index (χ4n) is 3.11. The minimum absolute atomic E-state index is 0.0993. The van der Waals surface area contributed by atoms with Gasteiger partial charge in [0.15, 0.2) is 11.4 Å². The van der Waals surface area contributed by atoms with Crippen LogP contribution in [0.1, 0.15) is 41.4 Å². The van der Waals surface area contributed by atoms with Gasteiger partial charge < -0.3 is 14.1 Å². The molecular formula is C20H21N3O3. The number of hydrogen-bond acceptors (Lipinski definition) is 5. The summed E-state index contributed by atoms with van der Waals surface area (Å²) in [7, 11) is 0. The lowest BCUT2D eigenvalue weighted by atomic mass is 10.0. The summed E-state index contributed by atoms with van der Waals surface area (Å²) in [4.78, 5) is 23.5. The molecule has 1 amide bonds. The van der Waals surface area contributed by atoms with Crippen LogP contribution in [-0.2, 0) is 24.3 Å². The molecule has 4 rings (SSSR count). The first-order valence-electron chi connectivity index (χ1n) is 8.83. The Bertz CT molecular complexity index is 948. The number of carbonyl (C=O) groups excluding carboxylic acids is 1. The summed E-state index contributed by atoms with van der Waals surface area (Å²) in [6, 6.07) is 9.48. The predicted octanol–water partition coefficient (Wildman–Crippen LogP) is 3.35. The van der Waals surface area contributed by atoms with Gasteiger partial charge in [-0.15, -0.1) is 0 Å². The highest BCUT2D eigenvalue weighted by Crippen LogP contribution is 2.23. The average Bonchev–Trinajstić information content (AvgIpc) is 3.12. The standard InChI is InChI=1S/C20H21N3O3/c1-13(2)25-12-16-5-6-18(26-16)20(24)23-9-7-17-15(11-23)10-14-4-3-8-21-19(14)22-17/h3-6,8,10,13H,7,9,11-12H2,1-2H3. The minimum atomic E-state index is -0.0993. The van der Waals surface area contributed by atoms with Crippen molar-refractivity contribution < 1.29 is 13.9 Å². The highest BCUT2D eigenvalue weighted by atomic mass is 16.5. The van der Waals surface area contributed by atoms with Crippen molar-refractivity contribution in [1.82, 2.24) is 14.9 Å². The van der Waals surface area contributed by atoms with Crippen molar-refractivity contribution in [2.24, 2.45) is 0 Å². The number of aromatic nitrogens is 2. The first kappa shape index (κ1) is 16.7. The molecule has 0 saturated carbocycles. The molecule has 0 radical (unpaired) electrons. The van der Waals surface area contributed by atoms with Crippen LogP contribution in [0.3, 0.4) is 0 Å². The van der Waals surface area contributed by atoms with Gasteiger partial charge in [-0.05, 0) is 49.7 Å². The van der Waals surface area contributed by atoms with Crippen LogP contribution < -0.4 is 0 Å². The molecule has 0 N–H and O–H groups in total. The molecule has 134 valence electrons. The van der Waals surface area contributed by atoms with Crippen molar-refractivity contribution in [1.29, 1.82) is 0 Å². The van der Waals surface area contributed by atoms with E-state index in [-0.39, 0.29) is 12.0 Å². The number of furan rings is 1. The topological polar surface area (TPSA) is 68.5 Å². The number of rotatable bonds is 4. The molecule has 0 spiro atoms. The Kier molecular flexibility index (Phi) is 4.42. The average molecular weight is 351 g/mol. The summed E-state index contributed by atoms with van der Waals surface area (Å²) in [5.74, 6) is 0.919. The lowest BCUT2D eigenvalue weighted by Crippen LogP contribution is -2.36. The summed E-state index contributed by atoms with van der Waals surface area (Å²) in [6.45, 7) is 5.46. The molecule has 3 aromatic heterocycles. The van der Waals surface area contributed by atoms with E-state index < -0.39 is 0 Å². The number of carbonyl (C=O) groups is 1. The quantitative estimate of drug-likeness (QED) is 0.721. The number of hydrogen-bond donors (Lipinski definition) is 0. The Hall–Kier alpha value is -2.73. The smallest absolute Gasteiger partial charge is 0.289 e. The van der Waals surface area contributed by atoms with E-state index >= 15 is 0 Å². The van der Waals surface area contributed by atoms with Gasteiger partial charge in [-0.3, -0.25) is 4.79 Å². The van der Waals surface area contributed by atoms with Crippen LogP contribution in [0.25, 0.3) is 11.0 Å². The third-order valence-corrected chi connectivity index (χ3v) is 4.46. The van der Waals surface area contributed by atoms with Crippen LogP contribution in [0.2, 0.25) is 0 Å². The predicted molar refractivity (Wildman–Crippen MR) is 96.6 cm³/mol. The summed E-state index contributed by atoms with van der Waals surface area (Å²) < 4.78 is 11.2. The maximum atomic E-state index is 12.8. The molecule has 0 unspecified atom stereocenters. The summed E-state index contributed by atoms with van der Waals surface area (Å²) in [5, 5.41) is 0.992. The third kappa shape index (κ3) is 3.32. The summed E-state index contributed by atoms with van der Waals surface area (Å²) >= 11 is 0. The van der Waals surface area contributed by atoms with Crippen molar-refractivity contribution in [2.75, 3.05) is 6.54 Å². The van der Waals surface area contributed by atoms with E-state index in [0.29, 0.717) is 31.2 Å². The highest BCUT2D eigenvalue weighted by molar-refractivity contribution is 5.91. The van der Waals surface area contributed by atoms with E-state index in [9.17, 15) is 4.79 Å². The third-order valence-electron chi connectivity index (χ3n) is 4.46. The maximum Gasteiger partial charge on any atom is 0.289 e. The molecule has 0 fully saturated rings. The van der Waals surface area contributed by atoms with Crippen molar-refractivity contribution >= 4 is 16.9 Å². The van der Waals surface area contributed by atoms with Crippen LogP contribution in [0.4, 0.5) is 0 Å². The van der Waals surface area contributed by atoms with Gasteiger partial charge in [-0.25, -0.2) is 9.97 Å². The molecule has 1 aliphatic rings. The van der Waals surface area contributed by atoms with Gasteiger partial charge >= 0.3 is 0 Å². The second-order valence-electron chi connectivity index (χ2n) is 6.75.